The fourth-order valence-corrected chi connectivity index (χ4v) is 7.78. The van der Waals surface area contributed by atoms with Crippen molar-refractivity contribution in [1.29, 1.82) is 0 Å². The minimum Gasteiger partial charge on any atom is -0.507 e. The Bertz CT molecular complexity index is 2220. The molecule has 7 rings (SSSR count). The summed E-state index contributed by atoms with van der Waals surface area (Å²) in [5, 5.41) is 23.8. The first-order valence-corrected chi connectivity index (χ1v) is 19.5. The normalized spacial score (nSPS) is 15.2. The number of carbonyl (C=O) groups excluding carboxylic acids is 2. The maximum Gasteiger partial charge on any atom is 0.185 e. The van der Waals surface area contributed by atoms with Crippen LogP contribution < -0.4 is 14.2 Å². The number of benzene rings is 5. The summed E-state index contributed by atoms with van der Waals surface area (Å²) in [6.07, 6.45) is 9.02. The lowest BCUT2D eigenvalue weighted by molar-refractivity contribution is -0.111. The molecular weight excluding hydrogens is 701 g/mol. The topological polar surface area (TPSA) is 102 Å². The van der Waals surface area contributed by atoms with Crippen LogP contribution in [0.1, 0.15) is 106 Å². The third-order valence-corrected chi connectivity index (χ3v) is 10.5. The molecule has 2 N–H and O–H groups in total. The van der Waals surface area contributed by atoms with Crippen LogP contribution in [0, 0.1) is 0 Å². The number of Topliss-reactive ketones (excluding diaryl/α,β-unsaturated/α-hetero) is 1. The van der Waals surface area contributed by atoms with Crippen molar-refractivity contribution in [3.05, 3.63) is 157 Å². The Morgan fingerprint density at radius 3 is 1.38 bits per heavy atom. The SMILES string of the molecule is CCCOc1c2cccc1Cc1cc(/C=C3\CC/C(=C\c4ccc(OC)cc4)C3=O)cc(c1O)Cc1cccc(c1OCCC)Cc1cc(C=O)cc(c1O)C2. The fraction of sp³-hybridized carbons (Fsp3) is 0.265. The molecule has 0 heterocycles. The van der Waals surface area contributed by atoms with Gasteiger partial charge in [0.1, 0.15) is 35.0 Å². The van der Waals surface area contributed by atoms with Gasteiger partial charge in [-0.25, -0.2) is 0 Å². The molecule has 0 atom stereocenters. The molecule has 0 aliphatic heterocycles. The molecule has 56 heavy (non-hydrogen) atoms. The molecule has 0 unspecified atom stereocenters. The van der Waals surface area contributed by atoms with Crippen LogP contribution >= 0.6 is 0 Å². The molecule has 2 aliphatic carbocycles. The van der Waals surface area contributed by atoms with Crippen molar-refractivity contribution in [2.24, 2.45) is 0 Å². The quantitative estimate of drug-likeness (QED) is 0.106. The first-order chi connectivity index (χ1) is 27.3. The van der Waals surface area contributed by atoms with E-state index in [1.807, 2.05) is 84.9 Å². The summed E-state index contributed by atoms with van der Waals surface area (Å²) in [6.45, 7) is 5.08. The molecule has 5 aromatic carbocycles. The van der Waals surface area contributed by atoms with Crippen LogP contribution in [0.2, 0.25) is 0 Å². The second-order valence-corrected chi connectivity index (χ2v) is 14.6. The second-order valence-electron chi connectivity index (χ2n) is 14.6. The van der Waals surface area contributed by atoms with Crippen LogP contribution in [0.25, 0.3) is 12.2 Å². The van der Waals surface area contributed by atoms with E-state index in [9.17, 15) is 19.8 Å². The number of allylic oxidation sites excluding steroid dienone is 2. The number of aromatic hydroxyl groups is 2. The highest BCUT2D eigenvalue weighted by atomic mass is 16.5. The minimum atomic E-state index is 0.0292. The van der Waals surface area contributed by atoms with E-state index in [0.717, 1.165) is 69.4 Å². The molecule has 0 radical (unpaired) electrons. The van der Waals surface area contributed by atoms with Gasteiger partial charge in [-0.15, -0.1) is 0 Å². The smallest absolute Gasteiger partial charge is 0.185 e. The summed E-state index contributed by atoms with van der Waals surface area (Å²) >= 11 is 0. The Morgan fingerprint density at radius 1 is 0.571 bits per heavy atom. The zero-order valence-electron chi connectivity index (χ0n) is 32.3. The van der Waals surface area contributed by atoms with Gasteiger partial charge in [0.15, 0.2) is 5.78 Å². The average molecular weight is 749 g/mol. The highest BCUT2D eigenvalue weighted by molar-refractivity contribution is 6.15. The molecule has 7 nitrogen and oxygen atoms in total. The second kappa shape index (κ2) is 17.2. The molecule has 7 heteroatoms. The number of fused-ring (bicyclic) bond motifs is 8. The zero-order chi connectivity index (χ0) is 39.2. The number of methoxy groups -OCH3 is 1. The summed E-state index contributed by atoms with van der Waals surface area (Å²) in [4.78, 5) is 26.0. The van der Waals surface area contributed by atoms with Crippen LogP contribution in [-0.4, -0.2) is 42.6 Å². The summed E-state index contributed by atoms with van der Waals surface area (Å²) < 4.78 is 18.2. The number of ether oxygens (including phenoxy) is 3. The van der Waals surface area contributed by atoms with Crippen molar-refractivity contribution < 1.29 is 34.0 Å². The highest BCUT2D eigenvalue weighted by Crippen LogP contribution is 2.40. The van der Waals surface area contributed by atoms with Gasteiger partial charge in [-0.3, -0.25) is 9.59 Å². The molecule has 8 bridgehead atoms. The van der Waals surface area contributed by atoms with Crippen molar-refractivity contribution in [3.63, 3.8) is 0 Å². The molecule has 0 amide bonds. The molecule has 286 valence electrons. The van der Waals surface area contributed by atoms with E-state index in [1.165, 1.54) is 0 Å². The molecule has 1 fully saturated rings. The first-order valence-electron chi connectivity index (χ1n) is 19.5. The fourth-order valence-electron chi connectivity index (χ4n) is 7.78. The third-order valence-electron chi connectivity index (χ3n) is 10.5. The van der Waals surface area contributed by atoms with E-state index in [-0.39, 0.29) is 17.3 Å². The Morgan fingerprint density at radius 2 is 0.982 bits per heavy atom. The van der Waals surface area contributed by atoms with E-state index < -0.39 is 0 Å². The number of aldehydes is 1. The number of carbonyl (C=O) groups is 2. The largest absolute Gasteiger partial charge is 0.507 e. The van der Waals surface area contributed by atoms with Crippen molar-refractivity contribution in [3.8, 4) is 28.7 Å². The lowest BCUT2D eigenvalue weighted by Crippen LogP contribution is -2.07. The van der Waals surface area contributed by atoms with Gasteiger partial charge in [0.2, 0.25) is 0 Å². The molecule has 5 aromatic rings. The van der Waals surface area contributed by atoms with Gasteiger partial charge in [0, 0.05) is 42.4 Å². The number of hydrogen-bond acceptors (Lipinski definition) is 7. The van der Waals surface area contributed by atoms with Crippen molar-refractivity contribution in [2.45, 2.75) is 65.2 Å². The van der Waals surface area contributed by atoms with E-state index >= 15 is 0 Å². The molecule has 2 aliphatic rings. The number of phenols is 2. The van der Waals surface area contributed by atoms with Gasteiger partial charge >= 0.3 is 0 Å². The standard InChI is InChI=1S/C49H48O7/c1-4-18-55-48-36-8-6-10-38(48)28-42-24-33(30-50)25-43(47(42)53)29-39-11-7-9-37(49(39)56-19-5-2)27-41-23-32(22-40(26-36)46(41)52)21-35-15-14-34(45(35)51)20-31-12-16-44(54-3)17-13-31/h6-13,16-17,20-25,30,52-53H,4-5,14-15,18-19,26-29H2,1-3H3/b34-20+,35-21+. The maximum absolute atomic E-state index is 13.8. The Hall–Kier alpha value is -6.08. The van der Waals surface area contributed by atoms with Crippen LogP contribution in [0.5, 0.6) is 28.7 Å². The van der Waals surface area contributed by atoms with Gasteiger partial charge in [-0.1, -0.05) is 62.4 Å². The number of para-hydroxylation sites is 2. The highest BCUT2D eigenvalue weighted by Gasteiger charge is 2.25. The number of phenolic OH excluding ortho intramolecular Hbond substituents is 2. The first kappa shape index (κ1) is 38.2. The summed E-state index contributed by atoms with van der Waals surface area (Å²) in [7, 11) is 1.63. The maximum atomic E-state index is 13.8. The van der Waals surface area contributed by atoms with E-state index in [1.54, 1.807) is 19.2 Å². The van der Waals surface area contributed by atoms with Gasteiger partial charge in [0.25, 0.3) is 0 Å². The van der Waals surface area contributed by atoms with Gasteiger partial charge in [-0.2, -0.15) is 0 Å². The van der Waals surface area contributed by atoms with E-state index in [2.05, 4.69) is 13.8 Å². The van der Waals surface area contributed by atoms with Gasteiger partial charge in [0.05, 0.1) is 20.3 Å². The van der Waals surface area contributed by atoms with Crippen LogP contribution in [0.15, 0.2) is 96.1 Å². The van der Waals surface area contributed by atoms with Crippen molar-refractivity contribution in [2.75, 3.05) is 20.3 Å². The molecule has 0 aromatic heterocycles. The van der Waals surface area contributed by atoms with Gasteiger partial charge < -0.3 is 24.4 Å². The van der Waals surface area contributed by atoms with Crippen molar-refractivity contribution in [1.82, 2.24) is 0 Å². The summed E-state index contributed by atoms with van der Waals surface area (Å²) in [5.74, 6) is 2.52. The molecule has 1 saturated carbocycles. The van der Waals surface area contributed by atoms with Crippen LogP contribution in [-0.2, 0) is 30.5 Å². The third kappa shape index (κ3) is 8.27. The number of rotatable bonds is 10. The lowest BCUT2D eigenvalue weighted by atomic mass is 9.89. The Kier molecular flexibility index (Phi) is 11.7. The van der Waals surface area contributed by atoms with Crippen molar-refractivity contribution >= 4 is 24.2 Å². The van der Waals surface area contributed by atoms with Gasteiger partial charge in [-0.05, 0) is 130 Å². The molecule has 0 saturated heterocycles. The number of hydrogen-bond donors (Lipinski definition) is 2. The van der Waals surface area contributed by atoms with E-state index in [0.29, 0.717) is 91.1 Å². The predicted molar refractivity (Wildman–Crippen MR) is 220 cm³/mol. The van der Waals surface area contributed by atoms with E-state index in [4.69, 9.17) is 14.2 Å². The lowest BCUT2D eigenvalue weighted by Gasteiger charge is -2.21. The number of ketones is 1. The monoisotopic (exact) mass is 748 g/mol. The molecule has 0 spiro atoms. The Labute approximate surface area is 328 Å². The Balaban J connectivity index is 1.38. The summed E-state index contributed by atoms with van der Waals surface area (Å²) in [5.41, 5.74) is 9.94. The summed E-state index contributed by atoms with van der Waals surface area (Å²) in [6, 6.07) is 27.0. The van der Waals surface area contributed by atoms with Crippen LogP contribution in [0.4, 0.5) is 0 Å². The van der Waals surface area contributed by atoms with Crippen LogP contribution in [0.3, 0.4) is 0 Å². The molecular formula is C49H48O7. The predicted octanol–water partition coefficient (Wildman–Crippen LogP) is 10.0. The average Bonchev–Trinajstić information content (AvgIpc) is 3.54. The minimum absolute atomic E-state index is 0.0292. The zero-order valence-corrected chi connectivity index (χ0v) is 32.3.